The lowest BCUT2D eigenvalue weighted by molar-refractivity contribution is 0.746. The molecule has 0 amide bonds. The summed E-state index contributed by atoms with van der Waals surface area (Å²) in [6.07, 6.45) is 2.29. The van der Waals surface area contributed by atoms with Gasteiger partial charge in [-0.05, 0) is 25.5 Å². The van der Waals surface area contributed by atoms with Crippen molar-refractivity contribution in [3.05, 3.63) is 0 Å². The Labute approximate surface area is 59.7 Å². The third-order valence-corrected chi connectivity index (χ3v) is 3.34. The van der Waals surface area contributed by atoms with Gasteiger partial charge in [-0.15, -0.1) is 11.8 Å². The number of nitrogens with two attached hydrogens (primary N) is 1. The van der Waals surface area contributed by atoms with E-state index in [4.69, 9.17) is 11.1 Å². The average molecular weight is 144 g/mol. The third-order valence-electron chi connectivity index (χ3n) is 1.79. The van der Waals surface area contributed by atoms with E-state index < -0.39 is 0 Å². The number of nitrogens with one attached hydrogen (secondary N) is 1. The molecule has 1 aliphatic rings. The topological polar surface area (TPSA) is 49.9 Å². The highest BCUT2D eigenvalue weighted by molar-refractivity contribution is 8.01. The molecule has 0 aromatic rings. The second kappa shape index (κ2) is 2.21. The minimum absolute atomic E-state index is 0.0278. The standard InChI is InChI=1S/C6H12N2S/c1-6(5(7)8)3-2-4-9-6/h2-4H2,1H3,(H3,7,8). The SMILES string of the molecule is CC1(C(=N)N)CCCS1. The molecule has 9 heavy (non-hydrogen) atoms. The molecule has 1 rings (SSSR count). The average Bonchev–Trinajstić information content (AvgIpc) is 2.16. The Kier molecular flexibility index (Phi) is 1.70. The molecule has 2 nitrogen and oxygen atoms in total. The highest BCUT2D eigenvalue weighted by Gasteiger charge is 2.32. The van der Waals surface area contributed by atoms with Crippen molar-refractivity contribution in [1.82, 2.24) is 0 Å². The first-order valence-corrected chi connectivity index (χ1v) is 4.12. The van der Waals surface area contributed by atoms with Crippen LogP contribution in [0.25, 0.3) is 0 Å². The summed E-state index contributed by atoms with van der Waals surface area (Å²) in [6.45, 7) is 2.05. The summed E-state index contributed by atoms with van der Waals surface area (Å²) in [5, 5.41) is 7.25. The fourth-order valence-electron chi connectivity index (χ4n) is 0.992. The smallest absolute Gasteiger partial charge is 0.107 e. The van der Waals surface area contributed by atoms with E-state index in [1.54, 1.807) is 11.8 Å². The van der Waals surface area contributed by atoms with Crippen molar-refractivity contribution < 1.29 is 0 Å². The maximum atomic E-state index is 7.25. The molecule has 1 aliphatic heterocycles. The molecule has 1 atom stereocenters. The van der Waals surface area contributed by atoms with Crippen molar-refractivity contribution in [1.29, 1.82) is 5.41 Å². The maximum absolute atomic E-state index is 7.25. The quantitative estimate of drug-likeness (QED) is 0.429. The van der Waals surface area contributed by atoms with Crippen molar-refractivity contribution in [2.75, 3.05) is 5.75 Å². The summed E-state index contributed by atoms with van der Waals surface area (Å²) >= 11 is 1.80. The van der Waals surface area contributed by atoms with Gasteiger partial charge < -0.3 is 5.73 Å². The normalized spacial score (nSPS) is 34.8. The summed E-state index contributed by atoms with van der Waals surface area (Å²) in [5.74, 6) is 1.50. The minimum Gasteiger partial charge on any atom is -0.386 e. The Morgan fingerprint density at radius 2 is 2.44 bits per heavy atom. The van der Waals surface area contributed by atoms with E-state index in [-0.39, 0.29) is 4.75 Å². The second-order valence-electron chi connectivity index (χ2n) is 2.60. The van der Waals surface area contributed by atoms with E-state index in [9.17, 15) is 0 Å². The van der Waals surface area contributed by atoms with Crippen molar-refractivity contribution in [3.63, 3.8) is 0 Å². The third kappa shape index (κ3) is 1.21. The monoisotopic (exact) mass is 144 g/mol. The molecule has 0 aliphatic carbocycles. The van der Waals surface area contributed by atoms with Gasteiger partial charge in [-0.3, -0.25) is 5.41 Å². The first-order valence-electron chi connectivity index (χ1n) is 3.14. The van der Waals surface area contributed by atoms with Gasteiger partial charge in [-0.2, -0.15) is 0 Å². The Morgan fingerprint density at radius 3 is 2.67 bits per heavy atom. The van der Waals surface area contributed by atoms with Gasteiger partial charge in [-0.25, -0.2) is 0 Å². The number of hydrogen-bond donors (Lipinski definition) is 2. The second-order valence-corrected chi connectivity index (χ2v) is 4.19. The van der Waals surface area contributed by atoms with Gasteiger partial charge in [-0.1, -0.05) is 0 Å². The lowest BCUT2D eigenvalue weighted by Crippen LogP contribution is -2.34. The van der Waals surface area contributed by atoms with Gasteiger partial charge in [0.1, 0.15) is 5.84 Å². The molecule has 0 aromatic heterocycles. The zero-order valence-electron chi connectivity index (χ0n) is 5.61. The molecule has 1 saturated heterocycles. The zero-order chi connectivity index (χ0) is 6.91. The molecular formula is C6H12N2S. The van der Waals surface area contributed by atoms with Crippen LogP contribution in [0.3, 0.4) is 0 Å². The van der Waals surface area contributed by atoms with Gasteiger partial charge in [0.25, 0.3) is 0 Å². The van der Waals surface area contributed by atoms with Crippen LogP contribution < -0.4 is 5.73 Å². The molecule has 0 radical (unpaired) electrons. The molecular weight excluding hydrogens is 132 g/mol. The molecule has 1 unspecified atom stereocenters. The molecule has 52 valence electrons. The number of rotatable bonds is 1. The predicted molar refractivity (Wildman–Crippen MR) is 42.0 cm³/mol. The van der Waals surface area contributed by atoms with Crippen molar-refractivity contribution in [2.24, 2.45) is 5.73 Å². The fraction of sp³-hybridized carbons (Fsp3) is 0.833. The van der Waals surface area contributed by atoms with Crippen LogP contribution in [0.15, 0.2) is 0 Å². The lowest BCUT2D eigenvalue weighted by atomic mass is 10.1. The van der Waals surface area contributed by atoms with Crippen LogP contribution in [0, 0.1) is 5.41 Å². The molecule has 3 heteroatoms. The molecule has 3 N–H and O–H groups in total. The Morgan fingerprint density at radius 1 is 1.78 bits per heavy atom. The van der Waals surface area contributed by atoms with Crippen LogP contribution in [-0.4, -0.2) is 16.3 Å². The van der Waals surface area contributed by atoms with Gasteiger partial charge in [0, 0.05) is 0 Å². The van der Waals surface area contributed by atoms with Crippen LogP contribution in [0.1, 0.15) is 19.8 Å². The largest absolute Gasteiger partial charge is 0.386 e. The van der Waals surface area contributed by atoms with Gasteiger partial charge in [0.15, 0.2) is 0 Å². The van der Waals surface area contributed by atoms with Crippen molar-refractivity contribution in [3.8, 4) is 0 Å². The maximum Gasteiger partial charge on any atom is 0.107 e. The molecule has 1 fully saturated rings. The number of amidine groups is 1. The minimum atomic E-state index is -0.0278. The van der Waals surface area contributed by atoms with Gasteiger partial charge in [0.2, 0.25) is 0 Å². The summed E-state index contributed by atoms with van der Waals surface area (Å²) in [4.78, 5) is 0. The number of thioether (sulfide) groups is 1. The van der Waals surface area contributed by atoms with Crippen LogP contribution in [0.2, 0.25) is 0 Å². The molecule has 0 aromatic carbocycles. The van der Waals surface area contributed by atoms with Crippen molar-refractivity contribution >= 4 is 17.6 Å². The van der Waals surface area contributed by atoms with E-state index >= 15 is 0 Å². The van der Waals surface area contributed by atoms with Crippen LogP contribution in [0.5, 0.6) is 0 Å². The van der Waals surface area contributed by atoms with E-state index in [0.29, 0.717) is 5.84 Å². The Balaban J connectivity index is 2.61. The predicted octanol–water partition coefficient (Wildman–Crippen LogP) is 1.21. The molecule has 0 bridgehead atoms. The van der Waals surface area contributed by atoms with Gasteiger partial charge in [0.05, 0.1) is 4.75 Å². The van der Waals surface area contributed by atoms with E-state index in [0.717, 1.165) is 12.2 Å². The molecule has 0 spiro atoms. The summed E-state index contributed by atoms with van der Waals surface area (Å²) in [7, 11) is 0. The van der Waals surface area contributed by atoms with Crippen molar-refractivity contribution in [2.45, 2.75) is 24.5 Å². The Hall–Kier alpha value is -0.180. The number of hydrogen-bond acceptors (Lipinski definition) is 2. The first kappa shape index (κ1) is 6.93. The molecule has 0 saturated carbocycles. The molecule has 1 heterocycles. The highest BCUT2D eigenvalue weighted by atomic mass is 32.2. The van der Waals surface area contributed by atoms with Crippen LogP contribution in [-0.2, 0) is 0 Å². The van der Waals surface area contributed by atoms with E-state index in [1.807, 2.05) is 6.92 Å². The highest BCUT2D eigenvalue weighted by Crippen LogP contribution is 2.37. The van der Waals surface area contributed by atoms with Crippen LogP contribution in [0.4, 0.5) is 0 Å². The summed E-state index contributed by atoms with van der Waals surface area (Å²) in [5.41, 5.74) is 5.39. The fourth-order valence-corrected chi connectivity index (χ4v) is 2.17. The lowest BCUT2D eigenvalue weighted by Gasteiger charge is -2.19. The van der Waals surface area contributed by atoms with E-state index in [2.05, 4.69) is 0 Å². The van der Waals surface area contributed by atoms with Crippen LogP contribution >= 0.6 is 11.8 Å². The first-order chi connectivity index (χ1) is 4.15. The van der Waals surface area contributed by atoms with Gasteiger partial charge >= 0.3 is 0 Å². The summed E-state index contributed by atoms with van der Waals surface area (Å²) < 4.78 is -0.0278. The zero-order valence-corrected chi connectivity index (χ0v) is 6.42. The Bertz CT molecular complexity index is 127. The van der Waals surface area contributed by atoms with E-state index in [1.165, 1.54) is 6.42 Å². The summed E-state index contributed by atoms with van der Waals surface area (Å²) in [6, 6.07) is 0.